The Morgan fingerprint density at radius 1 is 0.794 bits per heavy atom. The van der Waals surface area contributed by atoms with Gasteiger partial charge in [-0.15, -0.1) is 0 Å². The van der Waals surface area contributed by atoms with Crippen LogP contribution in [0.4, 0.5) is 5.69 Å². The van der Waals surface area contributed by atoms with Crippen LogP contribution in [0.5, 0.6) is 5.75 Å². The van der Waals surface area contributed by atoms with E-state index in [0.29, 0.717) is 17.0 Å². The third kappa shape index (κ3) is 4.31. The third-order valence-corrected chi connectivity index (χ3v) is 7.52. The van der Waals surface area contributed by atoms with Crippen LogP contribution in [-0.4, -0.2) is 18.7 Å². The molecule has 1 atom stereocenters. The summed E-state index contributed by atoms with van der Waals surface area (Å²) in [6, 6.07) is 32.0. The lowest BCUT2D eigenvalue weighted by Gasteiger charge is -2.37. The van der Waals surface area contributed by atoms with E-state index < -0.39 is 22.2 Å². The molecule has 1 N–H and O–H groups in total. The average Bonchev–Trinajstić information content (AvgIpc) is 2.87. The summed E-state index contributed by atoms with van der Waals surface area (Å²) in [7, 11) is -3.76. The molecule has 34 heavy (non-hydrogen) atoms. The van der Waals surface area contributed by atoms with Crippen LogP contribution in [0.1, 0.15) is 27.7 Å². The quantitative estimate of drug-likeness (QED) is 0.320. The highest BCUT2D eigenvalue weighted by atomic mass is 32.2. The van der Waals surface area contributed by atoms with E-state index in [1.54, 1.807) is 72.8 Å². The predicted molar refractivity (Wildman–Crippen MR) is 130 cm³/mol. The van der Waals surface area contributed by atoms with Gasteiger partial charge in [-0.3, -0.25) is 0 Å². The fourth-order valence-corrected chi connectivity index (χ4v) is 5.62. The van der Waals surface area contributed by atoms with Gasteiger partial charge < -0.3 is 10.1 Å². The number of carbonyl (C=O) groups excluding carboxylic acids is 1. The molecule has 0 amide bonds. The van der Waals surface area contributed by atoms with Crippen molar-refractivity contribution < 1.29 is 17.9 Å². The highest BCUT2D eigenvalue weighted by molar-refractivity contribution is 7.89. The number of nitrogens with zero attached hydrogens (tertiary/aromatic N) is 1. The molecule has 4 aromatic rings. The zero-order valence-corrected chi connectivity index (χ0v) is 19.0. The molecule has 1 aliphatic heterocycles. The lowest BCUT2D eigenvalue weighted by atomic mass is 10.1. The molecule has 6 nitrogen and oxygen atoms in total. The largest absolute Gasteiger partial charge is 0.423 e. The van der Waals surface area contributed by atoms with Crippen LogP contribution >= 0.6 is 0 Å². The summed E-state index contributed by atoms with van der Waals surface area (Å²) in [4.78, 5) is 12.6. The molecule has 1 aliphatic rings. The zero-order valence-electron chi connectivity index (χ0n) is 18.2. The first-order chi connectivity index (χ1) is 16.5. The highest BCUT2D eigenvalue weighted by Gasteiger charge is 2.38. The predicted octanol–water partition coefficient (Wildman–Crippen LogP) is 5.22. The molecule has 0 aliphatic carbocycles. The van der Waals surface area contributed by atoms with E-state index in [2.05, 4.69) is 5.32 Å². The molecule has 0 bridgehead atoms. The van der Waals surface area contributed by atoms with Crippen molar-refractivity contribution in [3.8, 4) is 5.75 Å². The van der Waals surface area contributed by atoms with E-state index in [9.17, 15) is 13.2 Å². The number of esters is 1. The van der Waals surface area contributed by atoms with E-state index in [1.165, 1.54) is 4.31 Å². The summed E-state index contributed by atoms with van der Waals surface area (Å²) in [6.45, 7) is 0.208. The number of benzene rings is 4. The maximum Gasteiger partial charge on any atom is 0.343 e. The lowest BCUT2D eigenvalue weighted by Crippen LogP contribution is -2.42. The number of ether oxygens (including phenoxy) is 1. The van der Waals surface area contributed by atoms with Crippen LogP contribution in [0, 0.1) is 0 Å². The molecule has 0 fully saturated rings. The first-order valence-corrected chi connectivity index (χ1v) is 12.2. The molecule has 0 radical (unpaired) electrons. The summed E-state index contributed by atoms with van der Waals surface area (Å²) >= 11 is 0. The minimum atomic E-state index is -3.76. The van der Waals surface area contributed by atoms with Gasteiger partial charge in [0.05, 0.1) is 11.3 Å². The number of rotatable bonds is 5. The van der Waals surface area contributed by atoms with Gasteiger partial charge in [0, 0.05) is 6.54 Å². The smallest absolute Gasteiger partial charge is 0.343 e. The summed E-state index contributed by atoms with van der Waals surface area (Å²) in [6.07, 6.45) is -0.626. The molecule has 0 saturated carbocycles. The summed E-state index contributed by atoms with van der Waals surface area (Å²) in [5.41, 5.74) is 2.62. The number of carbonyl (C=O) groups is 1. The van der Waals surface area contributed by atoms with Gasteiger partial charge >= 0.3 is 5.97 Å². The molecule has 7 heteroatoms. The number of anilines is 1. The van der Waals surface area contributed by atoms with Crippen molar-refractivity contribution in [3.05, 3.63) is 126 Å². The number of fused-ring (bicyclic) bond motifs is 1. The SMILES string of the molecule is O=C(Oc1ccc([C@@H]2Nc3ccccc3S(=O)(=O)N2Cc2ccccc2)cc1)c1ccccc1. The second-order valence-electron chi connectivity index (χ2n) is 7.90. The second-order valence-corrected chi connectivity index (χ2v) is 9.76. The van der Waals surface area contributed by atoms with Crippen LogP contribution in [0.25, 0.3) is 0 Å². The normalized spacial score (nSPS) is 16.8. The number of sulfonamides is 1. The van der Waals surface area contributed by atoms with Gasteiger partial charge in [0.25, 0.3) is 0 Å². The van der Waals surface area contributed by atoms with Gasteiger partial charge in [-0.1, -0.05) is 72.8 Å². The van der Waals surface area contributed by atoms with Crippen molar-refractivity contribution in [1.82, 2.24) is 4.31 Å². The Hall–Kier alpha value is -3.94. The van der Waals surface area contributed by atoms with E-state index in [0.717, 1.165) is 11.1 Å². The van der Waals surface area contributed by atoms with Gasteiger partial charge in [-0.25, -0.2) is 13.2 Å². The molecular formula is C27H22N2O4S. The average molecular weight is 471 g/mol. The standard InChI is InChI=1S/C27H22N2O4S/c30-27(22-11-5-2-6-12-22)33-23-17-15-21(16-18-23)26-28-24-13-7-8-14-25(24)34(31,32)29(26)19-20-9-3-1-4-10-20/h1-18,26,28H,19H2/t26-/m1/s1. The van der Waals surface area contributed by atoms with Gasteiger partial charge in [0.2, 0.25) is 10.0 Å². The summed E-state index contributed by atoms with van der Waals surface area (Å²) < 4.78 is 34.1. The summed E-state index contributed by atoms with van der Waals surface area (Å²) in [5, 5.41) is 3.36. The van der Waals surface area contributed by atoms with E-state index in [-0.39, 0.29) is 11.4 Å². The van der Waals surface area contributed by atoms with E-state index in [1.807, 2.05) is 36.4 Å². The molecule has 1 heterocycles. The molecule has 170 valence electrons. The minimum absolute atomic E-state index is 0.208. The first kappa shape index (κ1) is 21.9. The molecule has 0 saturated heterocycles. The van der Waals surface area contributed by atoms with E-state index in [4.69, 9.17) is 4.74 Å². The van der Waals surface area contributed by atoms with E-state index >= 15 is 0 Å². The van der Waals surface area contributed by atoms with Crippen molar-refractivity contribution >= 4 is 21.7 Å². The lowest BCUT2D eigenvalue weighted by molar-refractivity contribution is 0.0734. The van der Waals surface area contributed by atoms with Crippen molar-refractivity contribution in [3.63, 3.8) is 0 Å². The Morgan fingerprint density at radius 2 is 1.41 bits per heavy atom. The van der Waals surface area contributed by atoms with Crippen LogP contribution in [0.3, 0.4) is 0 Å². The Balaban J connectivity index is 1.46. The first-order valence-electron chi connectivity index (χ1n) is 10.8. The van der Waals surface area contributed by atoms with Crippen molar-refractivity contribution in [1.29, 1.82) is 0 Å². The van der Waals surface area contributed by atoms with Crippen LogP contribution in [-0.2, 0) is 16.6 Å². The second kappa shape index (κ2) is 9.13. The van der Waals surface area contributed by atoms with Gasteiger partial charge in [-0.05, 0) is 47.5 Å². The molecule has 0 spiro atoms. The van der Waals surface area contributed by atoms with Gasteiger partial charge in [0.15, 0.2) is 0 Å². The van der Waals surface area contributed by atoms with Crippen LogP contribution in [0.15, 0.2) is 114 Å². The molecule has 5 rings (SSSR count). The van der Waals surface area contributed by atoms with Crippen LogP contribution in [0.2, 0.25) is 0 Å². The number of para-hydroxylation sites is 1. The van der Waals surface area contributed by atoms with Crippen molar-refractivity contribution in [2.45, 2.75) is 17.6 Å². The van der Waals surface area contributed by atoms with Crippen molar-refractivity contribution in [2.24, 2.45) is 0 Å². The van der Waals surface area contributed by atoms with Crippen LogP contribution < -0.4 is 10.1 Å². The fourth-order valence-electron chi connectivity index (χ4n) is 3.94. The number of hydrogen-bond acceptors (Lipinski definition) is 5. The zero-order chi connectivity index (χ0) is 23.5. The molecular weight excluding hydrogens is 448 g/mol. The third-order valence-electron chi connectivity index (χ3n) is 5.65. The maximum absolute atomic E-state index is 13.6. The Kier molecular flexibility index (Phi) is 5.88. The van der Waals surface area contributed by atoms with Gasteiger partial charge in [-0.2, -0.15) is 4.31 Å². The summed E-state index contributed by atoms with van der Waals surface area (Å²) in [5.74, 6) is -0.0716. The monoisotopic (exact) mass is 470 g/mol. The number of nitrogens with one attached hydrogen (secondary N) is 1. The topological polar surface area (TPSA) is 75.7 Å². The Morgan fingerprint density at radius 3 is 2.12 bits per heavy atom. The maximum atomic E-state index is 13.6. The minimum Gasteiger partial charge on any atom is -0.423 e. The highest BCUT2D eigenvalue weighted by Crippen LogP contribution is 2.39. The number of hydrogen-bond donors (Lipinski definition) is 1. The van der Waals surface area contributed by atoms with Gasteiger partial charge in [0.1, 0.15) is 16.8 Å². The molecule has 0 unspecified atom stereocenters. The van der Waals surface area contributed by atoms with Crippen molar-refractivity contribution in [2.75, 3.05) is 5.32 Å². The Labute approximate surface area is 198 Å². The Bertz CT molecular complexity index is 1410. The molecule has 0 aromatic heterocycles. The fraction of sp³-hybridized carbons (Fsp3) is 0.0741. The molecule has 4 aromatic carbocycles.